The topological polar surface area (TPSA) is 52.6 Å². The molecule has 3 heterocycles. The van der Waals surface area contributed by atoms with Crippen LogP contribution in [0.25, 0.3) is 0 Å². The van der Waals surface area contributed by atoms with Gasteiger partial charge in [0.25, 0.3) is 0 Å². The molecule has 1 unspecified atom stereocenters. The molecule has 0 aliphatic carbocycles. The second-order valence-electron chi connectivity index (χ2n) is 7.39. The Kier molecular flexibility index (Phi) is 6.12. The molecule has 2 amide bonds. The summed E-state index contributed by atoms with van der Waals surface area (Å²) in [5, 5.41) is 5.04. The van der Waals surface area contributed by atoms with E-state index in [2.05, 4.69) is 17.1 Å². The normalized spacial score (nSPS) is 24.7. The van der Waals surface area contributed by atoms with Gasteiger partial charge in [0.15, 0.2) is 0 Å². The van der Waals surface area contributed by atoms with Crippen molar-refractivity contribution in [2.45, 2.75) is 45.6 Å². The number of nitrogens with zero attached hydrogens (tertiary/aromatic N) is 2. The lowest BCUT2D eigenvalue weighted by Gasteiger charge is -2.48. The predicted octanol–water partition coefficient (Wildman–Crippen LogP) is 2.48. The molecule has 5 nitrogen and oxygen atoms in total. The zero-order valence-corrected chi connectivity index (χ0v) is 15.9. The quantitative estimate of drug-likeness (QED) is 0.845. The van der Waals surface area contributed by atoms with Crippen LogP contribution in [-0.4, -0.2) is 54.3 Å². The smallest absolute Gasteiger partial charge is 0.222 e. The Balaban J connectivity index is 1.45. The van der Waals surface area contributed by atoms with Crippen molar-refractivity contribution >= 4 is 23.2 Å². The van der Waals surface area contributed by atoms with E-state index in [0.717, 1.165) is 39.1 Å². The largest absolute Gasteiger partial charge is 0.351 e. The maximum atomic E-state index is 12.1. The first-order chi connectivity index (χ1) is 12.1. The van der Waals surface area contributed by atoms with E-state index in [9.17, 15) is 9.59 Å². The van der Waals surface area contributed by atoms with Crippen LogP contribution in [0.5, 0.6) is 0 Å². The van der Waals surface area contributed by atoms with Crippen molar-refractivity contribution in [1.82, 2.24) is 15.1 Å². The van der Waals surface area contributed by atoms with Gasteiger partial charge in [-0.25, -0.2) is 0 Å². The molecule has 2 aliphatic heterocycles. The molecule has 1 aromatic heterocycles. The van der Waals surface area contributed by atoms with E-state index in [4.69, 9.17) is 0 Å². The molecule has 1 N–H and O–H groups in total. The highest BCUT2D eigenvalue weighted by Crippen LogP contribution is 2.38. The second-order valence-corrected chi connectivity index (χ2v) is 8.43. The SMILES string of the molecule is CCN1CC2(CCCN(CCC(=O)NCc3cccs3)C2)CCC1=O. The Hall–Kier alpha value is -1.40. The van der Waals surface area contributed by atoms with Crippen molar-refractivity contribution in [3.8, 4) is 0 Å². The fourth-order valence-electron chi connectivity index (χ4n) is 4.17. The van der Waals surface area contributed by atoms with E-state index < -0.39 is 0 Å². The molecule has 0 radical (unpaired) electrons. The molecule has 3 rings (SSSR count). The summed E-state index contributed by atoms with van der Waals surface area (Å²) in [6.07, 6.45) is 4.62. The molecule has 2 fully saturated rings. The Morgan fingerprint density at radius 2 is 2.24 bits per heavy atom. The van der Waals surface area contributed by atoms with Crippen LogP contribution in [-0.2, 0) is 16.1 Å². The number of carbonyl (C=O) groups excluding carboxylic acids is 2. The van der Waals surface area contributed by atoms with Gasteiger partial charge in [0.2, 0.25) is 11.8 Å². The van der Waals surface area contributed by atoms with Crippen LogP contribution in [0, 0.1) is 5.41 Å². The second kappa shape index (κ2) is 8.32. The first kappa shape index (κ1) is 18.4. The molecule has 0 saturated carbocycles. The Morgan fingerprint density at radius 1 is 1.36 bits per heavy atom. The van der Waals surface area contributed by atoms with Crippen LogP contribution in [0.1, 0.15) is 43.9 Å². The van der Waals surface area contributed by atoms with Crippen LogP contribution >= 0.6 is 11.3 Å². The van der Waals surface area contributed by atoms with Crippen LogP contribution in [0.2, 0.25) is 0 Å². The monoisotopic (exact) mass is 363 g/mol. The number of carbonyl (C=O) groups is 2. The summed E-state index contributed by atoms with van der Waals surface area (Å²) in [6, 6.07) is 4.05. The number of amides is 2. The van der Waals surface area contributed by atoms with Gasteiger partial charge in [-0.1, -0.05) is 6.07 Å². The minimum atomic E-state index is 0.127. The molecular weight excluding hydrogens is 334 g/mol. The van der Waals surface area contributed by atoms with Crippen molar-refractivity contribution in [2.75, 3.05) is 32.7 Å². The third-order valence-corrected chi connectivity index (χ3v) is 6.44. The number of nitrogens with one attached hydrogen (secondary N) is 1. The Morgan fingerprint density at radius 3 is 3.00 bits per heavy atom. The summed E-state index contributed by atoms with van der Waals surface area (Å²) in [7, 11) is 0. The summed E-state index contributed by atoms with van der Waals surface area (Å²) < 4.78 is 0. The standard InChI is InChI=1S/C19H29N3O2S/c1-2-22-15-19(9-6-18(22)24)8-4-10-21(14-19)11-7-17(23)20-13-16-5-3-12-25-16/h3,5,12H,2,4,6-11,13-15H2,1H3,(H,20,23). The van der Waals surface area contributed by atoms with Crippen molar-refractivity contribution in [2.24, 2.45) is 5.41 Å². The Bertz CT molecular complexity index is 589. The zero-order valence-electron chi connectivity index (χ0n) is 15.1. The molecule has 1 aromatic rings. The lowest BCUT2D eigenvalue weighted by molar-refractivity contribution is -0.139. The molecule has 2 aliphatic rings. The van der Waals surface area contributed by atoms with Gasteiger partial charge < -0.3 is 15.1 Å². The lowest BCUT2D eigenvalue weighted by Crippen LogP contribution is -2.54. The molecule has 2 saturated heterocycles. The van der Waals surface area contributed by atoms with Gasteiger partial charge in [0.05, 0.1) is 6.54 Å². The van der Waals surface area contributed by atoms with Crippen LogP contribution < -0.4 is 5.32 Å². The highest BCUT2D eigenvalue weighted by atomic mass is 32.1. The van der Waals surface area contributed by atoms with Crippen LogP contribution in [0.3, 0.4) is 0 Å². The lowest BCUT2D eigenvalue weighted by atomic mass is 9.73. The van der Waals surface area contributed by atoms with Gasteiger partial charge in [-0.3, -0.25) is 9.59 Å². The maximum absolute atomic E-state index is 12.1. The number of piperidine rings is 2. The van der Waals surface area contributed by atoms with Gasteiger partial charge in [0, 0.05) is 49.3 Å². The number of hydrogen-bond acceptors (Lipinski definition) is 4. The van der Waals surface area contributed by atoms with E-state index in [-0.39, 0.29) is 11.3 Å². The van der Waals surface area contributed by atoms with Crippen molar-refractivity contribution in [3.05, 3.63) is 22.4 Å². The first-order valence-electron chi connectivity index (χ1n) is 9.39. The van der Waals surface area contributed by atoms with E-state index in [1.54, 1.807) is 11.3 Å². The first-order valence-corrected chi connectivity index (χ1v) is 10.3. The van der Waals surface area contributed by atoms with Crippen molar-refractivity contribution < 1.29 is 9.59 Å². The van der Waals surface area contributed by atoms with Crippen molar-refractivity contribution in [3.63, 3.8) is 0 Å². The maximum Gasteiger partial charge on any atom is 0.222 e. The van der Waals surface area contributed by atoms with Gasteiger partial charge in [-0.15, -0.1) is 11.3 Å². The Labute approximate surface area is 154 Å². The number of thiophene rings is 1. The molecule has 6 heteroatoms. The fraction of sp³-hybridized carbons (Fsp3) is 0.684. The third kappa shape index (κ3) is 4.82. The molecule has 1 spiro atoms. The fourth-order valence-corrected chi connectivity index (χ4v) is 4.82. The molecule has 0 bridgehead atoms. The van der Waals surface area contributed by atoms with Crippen LogP contribution in [0.4, 0.5) is 0 Å². The van der Waals surface area contributed by atoms with Gasteiger partial charge in [-0.2, -0.15) is 0 Å². The molecular formula is C19H29N3O2S. The summed E-state index contributed by atoms with van der Waals surface area (Å²) in [5.41, 5.74) is 0.246. The zero-order chi connectivity index (χ0) is 17.7. The average Bonchev–Trinajstić information content (AvgIpc) is 3.14. The van der Waals surface area contributed by atoms with Crippen molar-refractivity contribution in [1.29, 1.82) is 0 Å². The average molecular weight is 364 g/mol. The minimum Gasteiger partial charge on any atom is -0.351 e. The minimum absolute atomic E-state index is 0.127. The highest BCUT2D eigenvalue weighted by molar-refractivity contribution is 7.09. The summed E-state index contributed by atoms with van der Waals surface area (Å²) in [4.78, 5) is 29.7. The van der Waals surface area contributed by atoms with E-state index in [1.807, 2.05) is 22.4 Å². The summed E-state index contributed by atoms with van der Waals surface area (Å²) in [5.74, 6) is 0.431. The predicted molar refractivity (Wildman–Crippen MR) is 100 cm³/mol. The number of hydrogen-bond donors (Lipinski definition) is 1. The van der Waals surface area contributed by atoms with E-state index >= 15 is 0 Å². The van der Waals surface area contributed by atoms with Crippen LogP contribution in [0.15, 0.2) is 17.5 Å². The van der Waals surface area contributed by atoms with E-state index in [0.29, 0.717) is 25.3 Å². The van der Waals surface area contributed by atoms with Gasteiger partial charge in [-0.05, 0) is 44.2 Å². The van der Waals surface area contributed by atoms with Gasteiger partial charge in [0.1, 0.15) is 0 Å². The third-order valence-electron chi connectivity index (χ3n) is 5.57. The summed E-state index contributed by atoms with van der Waals surface area (Å²) >= 11 is 1.67. The molecule has 1 atom stereocenters. The number of likely N-dealkylation sites (tertiary alicyclic amines) is 2. The van der Waals surface area contributed by atoms with E-state index in [1.165, 1.54) is 17.7 Å². The molecule has 0 aromatic carbocycles. The molecule has 138 valence electrons. The highest BCUT2D eigenvalue weighted by Gasteiger charge is 2.41. The molecule has 25 heavy (non-hydrogen) atoms. The summed E-state index contributed by atoms with van der Waals surface area (Å²) in [6.45, 7) is 7.31. The van der Waals surface area contributed by atoms with Gasteiger partial charge >= 0.3 is 0 Å². The number of rotatable bonds is 6.